The zero-order valence-electron chi connectivity index (χ0n) is 16.6. The number of guanidine groups is 1. The Morgan fingerprint density at radius 1 is 1.18 bits per heavy atom. The summed E-state index contributed by atoms with van der Waals surface area (Å²) in [4.78, 5) is 6.96. The molecule has 0 spiro atoms. The fourth-order valence-electron chi connectivity index (χ4n) is 4.08. The van der Waals surface area contributed by atoms with Crippen molar-refractivity contribution in [3.63, 3.8) is 0 Å². The van der Waals surface area contributed by atoms with Crippen molar-refractivity contribution in [2.45, 2.75) is 57.7 Å². The topological polar surface area (TPSA) is 59.9 Å². The van der Waals surface area contributed by atoms with Gasteiger partial charge in [-0.25, -0.2) is 8.78 Å². The normalized spacial score (nSPS) is 24.5. The van der Waals surface area contributed by atoms with Crippen LogP contribution in [0.15, 0.2) is 23.2 Å². The Morgan fingerprint density at radius 3 is 2.61 bits per heavy atom. The zero-order valence-corrected chi connectivity index (χ0v) is 16.6. The van der Waals surface area contributed by atoms with Crippen LogP contribution >= 0.6 is 0 Å². The van der Waals surface area contributed by atoms with Crippen molar-refractivity contribution in [1.29, 1.82) is 0 Å². The SMILES string of the molecule is CCNC(=NCC1CCCC1O)NC1CCN(Cc2ccc(F)c(F)c2)CC1. The summed E-state index contributed by atoms with van der Waals surface area (Å²) >= 11 is 0. The van der Waals surface area contributed by atoms with Crippen LogP contribution in [0, 0.1) is 17.6 Å². The van der Waals surface area contributed by atoms with E-state index in [1.165, 1.54) is 12.1 Å². The number of nitrogens with one attached hydrogen (secondary N) is 2. The second kappa shape index (κ2) is 10.2. The minimum atomic E-state index is -0.799. The molecule has 2 unspecified atom stereocenters. The summed E-state index contributed by atoms with van der Waals surface area (Å²) in [5.74, 6) is -0.492. The van der Waals surface area contributed by atoms with Gasteiger partial charge in [0.2, 0.25) is 0 Å². The number of aliphatic hydroxyl groups is 1. The number of piperidine rings is 1. The minimum Gasteiger partial charge on any atom is -0.393 e. The van der Waals surface area contributed by atoms with Crippen LogP contribution in [-0.2, 0) is 6.54 Å². The molecule has 156 valence electrons. The number of hydrogen-bond donors (Lipinski definition) is 3. The molecule has 2 aliphatic rings. The van der Waals surface area contributed by atoms with Crippen LogP contribution in [0.5, 0.6) is 0 Å². The molecule has 28 heavy (non-hydrogen) atoms. The molecular formula is C21H32F2N4O. The smallest absolute Gasteiger partial charge is 0.191 e. The van der Waals surface area contributed by atoms with E-state index in [0.717, 1.165) is 63.3 Å². The predicted molar refractivity (Wildman–Crippen MR) is 107 cm³/mol. The van der Waals surface area contributed by atoms with E-state index in [1.807, 2.05) is 6.92 Å². The average Bonchev–Trinajstić information content (AvgIpc) is 3.09. The molecule has 1 saturated heterocycles. The highest BCUT2D eigenvalue weighted by Gasteiger charge is 2.25. The molecule has 1 aromatic carbocycles. The lowest BCUT2D eigenvalue weighted by Gasteiger charge is -2.33. The van der Waals surface area contributed by atoms with E-state index in [0.29, 0.717) is 19.1 Å². The van der Waals surface area contributed by atoms with Gasteiger partial charge in [0, 0.05) is 44.7 Å². The van der Waals surface area contributed by atoms with Gasteiger partial charge in [-0.05, 0) is 50.3 Å². The third-order valence-electron chi connectivity index (χ3n) is 5.77. The summed E-state index contributed by atoms with van der Waals surface area (Å²) in [7, 11) is 0. The van der Waals surface area contributed by atoms with Crippen molar-refractivity contribution >= 4 is 5.96 Å². The molecule has 0 radical (unpaired) electrons. The van der Waals surface area contributed by atoms with Crippen LogP contribution < -0.4 is 10.6 Å². The van der Waals surface area contributed by atoms with Crippen molar-refractivity contribution < 1.29 is 13.9 Å². The molecular weight excluding hydrogens is 362 g/mol. The van der Waals surface area contributed by atoms with Crippen LogP contribution in [0.4, 0.5) is 8.78 Å². The second-order valence-electron chi connectivity index (χ2n) is 7.92. The Morgan fingerprint density at radius 2 is 1.96 bits per heavy atom. The van der Waals surface area contributed by atoms with Gasteiger partial charge in [-0.1, -0.05) is 12.5 Å². The molecule has 1 aromatic rings. The van der Waals surface area contributed by atoms with Crippen LogP contribution in [0.3, 0.4) is 0 Å². The summed E-state index contributed by atoms with van der Waals surface area (Å²) in [6.45, 7) is 5.94. The maximum Gasteiger partial charge on any atom is 0.191 e. The number of aliphatic imine (C=N–C) groups is 1. The molecule has 2 atom stereocenters. The first-order valence-corrected chi connectivity index (χ1v) is 10.4. The lowest BCUT2D eigenvalue weighted by molar-refractivity contribution is 0.136. The van der Waals surface area contributed by atoms with E-state index in [2.05, 4.69) is 20.5 Å². The highest BCUT2D eigenvalue weighted by Crippen LogP contribution is 2.25. The van der Waals surface area contributed by atoms with Gasteiger partial charge in [0.05, 0.1) is 6.10 Å². The lowest BCUT2D eigenvalue weighted by Crippen LogP contribution is -2.48. The predicted octanol–water partition coefficient (Wildman–Crippen LogP) is 2.65. The Balaban J connectivity index is 1.46. The second-order valence-corrected chi connectivity index (χ2v) is 7.92. The van der Waals surface area contributed by atoms with Crippen molar-refractivity contribution in [3.8, 4) is 0 Å². The Hall–Kier alpha value is -1.73. The van der Waals surface area contributed by atoms with Crippen molar-refractivity contribution in [3.05, 3.63) is 35.4 Å². The summed E-state index contributed by atoms with van der Waals surface area (Å²) in [5, 5.41) is 16.8. The summed E-state index contributed by atoms with van der Waals surface area (Å²) in [5.41, 5.74) is 0.801. The number of likely N-dealkylation sites (tertiary alicyclic amines) is 1. The molecule has 1 aliphatic heterocycles. The van der Waals surface area contributed by atoms with Gasteiger partial charge in [-0.15, -0.1) is 0 Å². The molecule has 5 nitrogen and oxygen atoms in total. The summed E-state index contributed by atoms with van der Waals surface area (Å²) in [6.07, 6.45) is 4.75. The number of rotatable bonds is 6. The van der Waals surface area contributed by atoms with E-state index < -0.39 is 11.6 Å². The molecule has 0 amide bonds. The van der Waals surface area contributed by atoms with Crippen LogP contribution in [0.2, 0.25) is 0 Å². The maximum absolute atomic E-state index is 13.4. The van der Waals surface area contributed by atoms with Crippen molar-refractivity contribution in [2.24, 2.45) is 10.9 Å². The maximum atomic E-state index is 13.4. The molecule has 7 heteroatoms. The molecule has 1 saturated carbocycles. The van der Waals surface area contributed by atoms with Crippen LogP contribution in [-0.4, -0.2) is 54.3 Å². The van der Waals surface area contributed by atoms with Crippen molar-refractivity contribution in [1.82, 2.24) is 15.5 Å². The van der Waals surface area contributed by atoms with E-state index in [9.17, 15) is 13.9 Å². The summed E-state index contributed by atoms with van der Waals surface area (Å²) in [6, 6.07) is 4.47. The molecule has 2 fully saturated rings. The molecule has 3 rings (SSSR count). The third kappa shape index (κ3) is 5.88. The van der Waals surface area contributed by atoms with Crippen LogP contribution in [0.25, 0.3) is 0 Å². The highest BCUT2D eigenvalue weighted by molar-refractivity contribution is 5.80. The van der Waals surface area contributed by atoms with E-state index in [1.54, 1.807) is 6.07 Å². The Bertz CT molecular complexity index is 662. The monoisotopic (exact) mass is 394 g/mol. The number of halogens is 2. The molecule has 1 heterocycles. The van der Waals surface area contributed by atoms with Gasteiger partial charge in [-0.2, -0.15) is 0 Å². The Labute approximate surface area is 166 Å². The molecule has 1 aliphatic carbocycles. The van der Waals surface area contributed by atoms with Gasteiger partial charge in [-0.3, -0.25) is 9.89 Å². The van der Waals surface area contributed by atoms with Gasteiger partial charge in [0.1, 0.15) is 0 Å². The van der Waals surface area contributed by atoms with Gasteiger partial charge >= 0.3 is 0 Å². The van der Waals surface area contributed by atoms with Gasteiger partial charge < -0.3 is 15.7 Å². The fraction of sp³-hybridized carbons (Fsp3) is 0.667. The van der Waals surface area contributed by atoms with Gasteiger partial charge in [0.25, 0.3) is 0 Å². The Kier molecular flexibility index (Phi) is 7.62. The first-order valence-electron chi connectivity index (χ1n) is 10.4. The van der Waals surface area contributed by atoms with Crippen molar-refractivity contribution in [2.75, 3.05) is 26.2 Å². The fourth-order valence-corrected chi connectivity index (χ4v) is 4.08. The highest BCUT2D eigenvalue weighted by atomic mass is 19.2. The van der Waals surface area contributed by atoms with E-state index in [4.69, 9.17) is 0 Å². The zero-order chi connectivity index (χ0) is 19.9. The summed E-state index contributed by atoms with van der Waals surface area (Å²) < 4.78 is 26.4. The quantitative estimate of drug-likeness (QED) is 0.513. The first kappa shape index (κ1) is 21.0. The average molecular weight is 395 g/mol. The van der Waals surface area contributed by atoms with E-state index in [-0.39, 0.29) is 12.0 Å². The number of hydrogen-bond acceptors (Lipinski definition) is 3. The standard InChI is InChI=1S/C21H32F2N4O/c1-2-24-21(25-13-16-4-3-5-20(16)28)26-17-8-10-27(11-9-17)14-15-6-7-18(22)19(23)12-15/h6-7,12,16-17,20,28H,2-5,8-11,13-14H2,1H3,(H2,24,25,26). The van der Waals surface area contributed by atoms with Crippen LogP contribution in [0.1, 0.15) is 44.6 Å². The first-order chi connectivity index (χ1) is 13.5. The largest absolute Gasteiger partial charge is 0.393 e. The molecule has 3 N–H and O–H groups in total. The van der Waals surface area contributed by atoms with Gasteiger partial charge in [0.15, 0.2) is 17.6 Å². The number of nitrogens with zero attached hydrogens (tertiary/aromatic N) is 2. The third-order valence-corrected chi connectivity index (χ3v) is 5.77. The van der Waals surface area contributed by atoms with E-state index >= 15 is 0 Å². The number of benzene rings is 1. The number of aliphatic hydroxyl groups excluding tert-OH is 1. The lowest BCUT2D eigenvalue weighted by atomic mass is 10.0. The minimum absolute atomic E-state index is 0.217. The molecule has 0 aromatic heterocycles. The molecule has 0 bridgehead atoms.